The first kappa shape index (κ1) is 15.5. The number of carbonyl (C=O) groups is 1. The third-order valence-corrected chi connectivity index (χ3v) is 3.25. The van der Waals surface area contributed by atoms with Gasteiger partial charge in [0, 0.05) is 25.2 Å². The van der Waals surface area contributed by atoms with Crippen molar-refractivity contribution in [3.63, 3.8) is 0 Å². The van der Waals surface area contributed by atoms with E-state index in [4.69, 9.17) is 5.73 Å². The van der Waals surface area contributed by atoms with Gasteiger partial charge in [0.15, 0.2) is 5.69 Å². The summed E-state index contributed by atoms with van der Waals surface area (Å²) < 4.78 is 1.31. The quantitative estimate of drug-likeness (QED) is 0.646. The van der Waals surface area contributed by atoms with Crippen LogP contribution in [0.15, 0.2) is 12.1 Å². The highest BCUT2D eigenvalue weighted by molar-refractivity contribution is 5.93. The Morgan fingerprint density at radius 1 is 1.53 bits per heavy atom. The number of hydrogen-bond acceptors (Lipinski definition) is 4. The maximum absolute atomic E-state index is 12.2. The molecule has 1 unspecified atom stereocenters. The fraction of sp³-hybridized carbons (Fsp3) is 0.545. The van der Waals surface area contributed by atoms with Crippen LogP contribution in [0, 0.1) is 10.1 Å². The topological polar surface area (TPSA) is 94.4 Å². The Balaban J connectivity index is 0.00000180. The van der Waals surface area contributed by atoms with Gasteiger partial charge in [-0.2, -0.15) is 0 Å². The first-order valence-electron chi connectivity index (χ1n) is 5.85. The molecular formula is C11H17ClN4O3. The highest BCUT2D eigenvalue weighted by atomic mass is 35.5. The van der Waals surface area contributed by atoms with Crippen molar-refractivity contribution >= 4 is 24.1 Å². The van der Waals surface area contributed by atoms with E-state index in [-0.39, 0.29) is 30.2 Å². The molecule has 1 fully saturated rings. The highest BCUT2D eigenvalue weighted by Crippen LogP contribution is 2.18. The largest absolute Gasteiger partial charge is 0.358 e. The fourth-order valence-corrected chi connectivity index (χ4v) is 2.26. The lowest BCUT2D eigenvalue weighted by Crippen LogP contribution is -2.46. The van der Waals surface area contributed by atoms with E-state index in [1.807, 2.05) is 0 Å². The molecule has 0 saturated carbocycles. The van der Waals surface area contributed by atoms with Gasteiger partial charge < -0.3 is 20.7 Å². The van der Waals surface area contributed by atoms with Gasteiger partial charge in [0.1, 0.15) is 0 Å². The van der Waals surface area contributed by atoms with E-state index in [1.54, 1.807) is 4.90 Å². The molecule has 1 atom stereocenters. The van der Waals surface area contributed by atoms with Crippen LogP contribution in [0.1, 0.15) is 23.3 Å². The predicted molar refractivity (Wildman–Crippen MR) is 72.4 cm³/mol. The molecule has 0 bridgehead atoms. The number of halogens is 1. The minimum absolute atomic E-state index is 0. The second kappa shape index (κ2) is 6.03. The van der Waals surface area contributed by atoms with Crippen LogP contribution in [0.4, 0.5) is 5.82 Å². The number of carbonyl (C=O) groups excluding carboxylic acids is 1. The zero-order chi connectivity index (χ0) is 13.3. The lowest BCUT2D eigenvalue weighted by atomic mass is 10.1. The van der Waals surface area contributed by atoms with Crippen molar-refractivity contribution in [2.75, 3.05) is 13.1 Å². The Morgan fingerprint density at radius 3 is 2.74 bits per heavy atom. The molecule has 1 aliphatic rings. The van der Waals surface area contributed by atoms with Crippen LogP contribution >= 0.6 is 12.4 Å². The maximum atomic E-state index is 12.2. The summed E-state index contributed by atoms with van der Waals surface area (Å²) in [5.41, 5.74) is 6.15. The Kier molecular flexibility index (Phi) is 4.90. The fourth-order valence-electron chi connectivity index (χ4n) is 2.26. The number of nitrogens with zero attached hydrogens (tertiary/aromatic N) is 3. The highest BCUT2D eigenvalue weighted by Gasteiger charge is 2.27. The van der Waals surface area contributed by atoms with Crippen molar-refractivity contribution in [1.82, 2.24) is 9.47 Å². The Hall–Kier alpha value is -1.60. The molecule has 0 radical (unpaired) electrons. The van der Waals surface area contributed by atoms with Gasteiger partial charge in [0.05, 0.1) is 7.05 Å². The molecule has 2 heterocycles. The Labute approximate surface area is 116 Å². The summed E-state index contributed by atoms with van der Waals surface area (Å²) in [6, 6.07) is 2.83. The molecule has 0 spiro atoms. The van der Waals surface area contributed by atoms with Crippen LogP contribution in [-0.2, 0) is 7.05 Å². The van der Waals surface area contributed by atoms with Crippen molar-refractivity contribution in [2.45, 2.75) is 18.9 Å². The smallest absolute Gasteiger partial charge is 0.323 e. The number of piperidine rings is 1. The van der Waals surface area contributed by atoms with E-state index in [2.05, 4.69) is 0 Å². The van der Waals surface area contributed by atoms with Gasteiger partial charge in [0.2, 0.25) is 0 Å². The van der Waals surface area contributed by atoms with Crippen molar-refractivity contribution in [3.05, 3.63) is 27.9 Å². The van der Waals surface area contributed by atoms with Gasteiger partial charge in [0.25, 0.3) is 5.91 Å². The minimum Gasteiger partial charge on any atom is -0.358 e. The molecule has 2 N–H and O–H groups in total. The molecule has 1 amide bonds. The minimum atomic E-state index is -0.501. The van der Waals surface area contributed by atoms with Gasteiger partial charge in [-0.15, -0.1) is 12.4 Å². The summed E-state index contributed by atoms with van der Waals surface area (Å²) in [6.07, 6.45) is 1.79. The van der Waals surface area contributed by atoms with E-state index < -0.39 is 4.92 Å². The molecule has 106 valence electrons. The summed E-state index contributed by atoms with van der Waals surface area (Å²) in [7, 11) is 1.52. The van der Waals surface area contributed by atoms with E-state index in [9.17, 15) is 14.9 Å². The second-order valence-corrected chi connectivity index (χ2v) is 4.55. The molecule has 1 aromatic rings. The monoisotopic (exact) mass is 288 g/mol. The summed E-state index contributed by atoms with van der Waals surface area (Å²) in [5, 5.41) is 10.7. The van der Waals surface area contributed by atoms with Crippen LogP contribution in [0.3, 0.4) is 0 Å². The number of likely N-dealkylation sites (tertiary alicyclic amines) is 1. The molecule has 8 heteroatoms. The van der Waals surface area contributed by atoms with Crippen molar-refractivity contribution in [1.29, 1.82) is 0 Å². The van der Waals surface area contributed by atoms with Gasteiger partial charge in [-0.25, -0.2) is 4.57 Å². The first-order chi connectivity index (χ1) is 8.50. The van der Waals surface area contributed by atoms with Crippen LogP contribution in [0.5, 0.6) is 0 Å². The van der Waals surface area contributed by atoms with Crippen molar-refractivity contribution in [3.8, 4) is 0 Å². The maximum Gasteiger partial charge on any atom is 0.323 e. The average molecular weight is 289 g/mol. The lowest BCUT2D eigenvalue weighted by molar-refractivity contribution is -0.391. The average Bonchev–Trinajstić information content (AvgIpc) is 2.70. The standard InChI is InChI=1S/C11H16N4O3.ClH/c1-13-9(4-5-10(13)15(17)18)11(16)14-6-2-3-8(12)7-14;/h4-5,8H,2-3,6-7,12H2,1H3;1H. The zero-order valence-electron chi connectivity index (χ0n) is 10.6. The van der Waals surface area contributed by atoms with Crippen molar-refractivity contribution in [2.24, 2.45) is 12.8 Å². The predicted octanol–water partition coefficient (Wildman–Crippen LogP) is 0.918. The van der Waals surface area contributed by atoms with Crippen LogP contribution in [-0.4, -0.2) is 39.4 Å². The summed E-state index contributed by atoms with van der Waals surface area (Å²) in [5.74, 6) is -0.277. The van der Waals surface area contributed by atoms with Gasteiger partial charge in [-0.05, 0) is 23.8 Å². The molecule has 2 rings (SSSR count). The normalized spacial score (nSPS) is 18.8. The molecule has 19 heavy (non-hydrogen) atoms. The van der Waals surface area contributed by atoms with Gasteiger partial charge in [-0.3, -0.25) is 4.79 Å². The molecule has 1 aromatic heterocycles. The van der Waals surface area contributed by atoms with E-state index >= 15 is 0 Å². The van der Waals surface area contributed by atoms with Gasteiger partial charge >= 0.3 is 5.82 Å². The number of hydrogen-bond donors (Lipinski definition) is 1. The van der Waals surface area contributed by atoms with E-state index in [0.29, 0.717) is 18.8 Å². The van der Waals surface area contributed by atoms with Crippen molar-refractivity contribution < 1.29 is 9.72 Å². The van der Waals surface area contributed by atoms with Crippen LogP contribution < -0.4 is 5.73 Å². The molecule has 0 aliphatic carbocycles. The number of rotatable bonds is 2. The Bertz CT molecular complexity index is 488. The summed E-state index contributed by atoms with van der Waals surface area (Å²) in [6.45, 7) is 1.17. The molecule has 1 aliphatic heterocycles. The Morgan fingerprint density at radius 2 is 2.21 bits per heavy atom. The van der Waals surface area contributed by atoms with E-state index in [0.717, 1.165) is 12.8 Å². The summed E-state index contributed by atoms with van der Waals surface area (Å²) in [4.78, 5) is 24.1. The number of nitrogens with two attached hydrogens (primary N) is 1. The molecule has 0 aromatic carbocycles. The number of amides is 1. The number of nitro groups is 1. The van der Waals surface area contributed by atoms with Gasteiger partial charge in [-0.1, -0.05) is 0 Å². The van der Waals surface area contributed by atoms with Crippen LogP contribution in [0.2, 0.25) is 0 Å². The zero-order valence-corrected chi connectivity index (χ0v) is 11.4. The second-order valence-electron chi connectivity index (χ2n) is 4.55. The summed E-state index contributed by atoms with van der Waals surface area (Å²) >= 11 is 0. The lowest BCUT2D eigenvalue weighted by Gasteiger charge is -2.30. The molecular weight excluding hydrogens is 272 g/mol. The third-order valence-electron chi connectivity index (χ3n) is 3.25. The number of aromatic nitrogens is 1. The van der Waals surface area contributed by atoms with E-state index in [1.165, 1.54) is 23.7 Å². The molecule has 7 nitrogen and oxygen atoms in total. The third kappa shape index (κ3) is 3.05. The first-order valence-corrected chi connectivity index (χ1v) is 5.85. The van der Waals surface area contributed by atoms with Crippen LogP contribution in [0.25, 0.3) is 0 Å². The molecule has 1 saturated heterocycles. The SMILES string of the molecule is Cl.Cn1c(C(=O)N2CCCC(N)C2)ccc1[N+](=O)[O-].